The van der Waals surface area contributed by atoms with Crippen LogP contribution in [0.2, 0.25) is 0 Å². The average Bonchev–Trinajstić information content (AvgIpc) is 3.14. The lowest BCUT2D eigenvalue weighted by atomic mass is 10.1. The zero-order chi connectivity index (χ0) is 19.0. The zero-order valence-corrected chi connectivity index (χ0v) is 15.3. The van der Waals surface area contributed by atoms with E-state index in [2.05, 4.69) is 0 Å². The second kappa shape index (κ2) is 7.36. The Bertz CT molecular complexity index is 733. The number of hydrogen-bond donors (Lipinski definition) is 1. The summed E-state index contributed by atoms with van der Waals surface area (Å²) in [6.07, 6.45) is 1.78. The van der Waals surface area contributed by atoms with E-state index in [0.717, 1.165) is 25.7 Å². The maximum Gasteiger partial charge on any atom is 0.414 e. The number of carbonyl (C=O) groups is 2. The Kier molecular flexibility index (Phi) is 4.92. The van der Waals surface area contributed by atoms with E-state index < -0.39 is 18.6 Å². The first-order valence-corrected chi connectivity index (χ1v) is 9.38. The van der Waals surface area contributed by atoms with Gasteiger partial charge in [0, 0.05) is 13.2 Å². The first kappa shape index (κ1) is 18.1. The number of rotatable bonds is 3. The van der Waals surface area contributed by atoms with Crippen molar-refractivity contribution < 1.29 is 28.9 Å². The topological polar surface area (TPSA) is 88.5 Å². The van der Waals surface area contributed by atoms with Gasteiger partial charge in [-0.05, 0) is 50.3 Å². The summed E-state index contributed by atoms with van der Waals surface area (Å²) in [6, 6.07) is 4.53. The maximum absolute atomic E-state index is 13.2. The summed E-state index contributed by atoms with van der Waals surface area (Å²) < 4.78 is 17.1. The lowest BCUT2D eigenvalue weighted by molar-refractivity contribution is -0.195. The van der Waals surface area contributed by atoms with E-state index in [1.54, 1.807) is 23.1 Å². The molecule has 1 N–H and O–H groups in total. The number of amides is 2. The van der Waals surface area contributed by atoms with Gasteiger partial charge in [-0.1, -0.05) is 0 Å². The number of carboxylic acid groups (broad SMARTS) is 1. The quantitative estimate of drug-likeness (QED) is 0.873. The third-order valence-electron chi connectivity index (χ3n) is 5.47. The summed E-state index contributed by atoms with van der Waals surface area (Å²) in [5.41, 5.74) is 0.642. The van der Waals surface area contributed by atoms with Crippen molar-refractivity contribution in [1.82, 2.24) is 4.90 Å². The van der Waals surface area contributed by atoms with Crippen LogP contribution in [0.3, 0.4) is 0 Å². The molecule has 0 radical (unpaired) electrons. The Morgan fingerprint density at radius 1 is 1.26 bits per heavy atom. The van der Waals surface area contributed by atoms with Crippen LogP contribution >= 0.6 is 0 Å². The standard InChI is InChI=1S/C19H24N2O6/c1-25-12-7-8-14-13(11-12)17(22)20-9-4-5-15(20)18(21(14)19(23)24)27-16-6-2-3-10-26-16/h7-8,11,15-16,18H,2-6,9-10H2,1H3,(H,23,24). The van der Waals surface area contributed by atoms with Crippen molar-refractivity contribution in [3.05, 3.63) is 23.8 Å². The van der Waals surface area contributed by atoms with Crippen molar-refractivity contribution in [3.8, 4) is 5.75 Å². The number of anilines is 1. The molecule has 3 aliphatic rings. The second-order valence-corrected chi connectivity index (χ2v) is 7.07. The molecule has 3 aliphatic heterocycles. The van der Waals surface area contributed by atoms with Gasteiger partial charge >= 0.3 is 6.09 Å². The van der Waals surface area contributed by atoms with Gasteiger partial charge in [-0.15, -0.1) is 0 Å². The highest BCUT2D eigenvalue weighted by Gasteiger charge is 2.46. The average molecular weight is 376 g/mol. The number of hydrogen-bond acceptors (Lipinski definition) is 5. The molecule has 8 nitrogen and oxygen atoms in total. The van der Waals surface area contributed by atoms with E-state index in [-0.39, 0.29) is 11.9 Å². The van der Waals surface area contributed by atoms with Gasteiger partial charge < -0.3 is 24.2 Å². The van der Waals surface area contributed by atoms with Gasteiger partial charge in [0.25, 0.3) is 5.91 Å². The minimum atomic E-state index is -1.15. The summed E-state index contributed by atoms with van der Waals surface area (Å²) in [7, 11) is 1.52. The minimum Gasteiger partial charge on any atom is -0.497 e. The first-order valence-electron chi connectivity index (χ1n) is 9.38. The third kappa shape index (κ3) is 3.23. The molecule has 0 saturated carbocycles. The third-order valence-corrected chi connectivity index (χ3v) is 5.47. The predicted octanol–water partition coefficient (Wildman–Crippen LogP) is 2.67. The molecular weight excluding hydrogens is 352 g/mol. The van der Waals surface area contributed by atoms with Crippen LogP contribution in [-0.4, -0.2) is 60.8 Å². The Balaban J connectivity index is 1.77. The Hall–Kier alpha value is -2.32. The number of nitrogens with zero attached hydrogens (tertiary/aromatic N) is 2. The van der Waals surface area contributed by atoms with E-state index in [9.17, 15) is 14.7 Å². The summed E-state index contributed by atoms with van der Waals surface area (Å²) >= 11 is 0. The van der Waals surface area contributed by atoms with Crippen molar-refractivity contribution in [2.24, 2.45) is 0 Å². The molecule has 4 rings (SSSR count). The van der Waals surface area contributed by atoms with E-state index in [1.807, 2.05) is 0 Å². The van der Waals surface area contributed by atoms with Gasteiger partial charge in [0.1, 0.15) is 5.75 Å². The minimum absolute atomic E-state index is 0.187. The van der Waals surface area contributed by atoms with Crippen LogP contribution in [-0.2, 0) is 9.47 Å². The fourth-order valence-corrected chi connectivity index (χ4v) is 4.17. The van der Waals surface area contributed by atoms with Crippen molar-refractivity contribution >= 4 is 17.7 Å². The van der Waals surface area contributed by atoms with Crippen molar-refractivity contribution in [2.75, 3.05) is 25.2 Å². The number of methoxy groups -OCH3 is 1. The molecule has 0 aliphatic carbocycles. The molecule has 2 saturated heterocycles. The van der Waals surface area contributed by atoms with Gasteiger partial charge in [-0.25, -0.2) is 9.69 Å². The molecule has 3 heterocycles. The highest BCUT2D eigenvalue weighted by molar-refractivity contribution is 6.05. The highest BCUT2D eigenvalue weighted by atomic mass is 16.7. The van der Waals surface area contributed by atoms with Crippen LogP contribution in [0.5, 0.6) is 5.75 Å². The van der Waals surface area contributed by atoms with Crippen LogP contribution in [0, 0.1) is 0 Å². The van der Waals surface area contributed by atoms with Gasteiger partial charge in [0.05, 0.1) is 24.4 Å². The summed E-state index contributed by atoms with van der Waals surface area (Å²) in [5, 5.41) is 9.99. The smallest absolute Gasteiger partial charge is 0.414 e. The largest absolute Gasteiger partial charge is 0.497 e. The lowest BCUT2D eigenvalue weighted by Gasteiger charge is -2.37. The molecule has 0 spiro atoms. The van der Waals surface area contributed by atoms with E-state index in [4.69, 9.17) is 14.2 Å². The number of carbonyl (C=O) groups excluding carboxylic acids is 1. The molecule has 2 fully saturated rings. The molecule has 27 heavy (non-hydrogen) atoms. The van der Waals surface area contributed by atoms with E-state index >= 15 is 0 Å². The van der Waals surface area contributed by atoms with Crippen molar-refractivity contribution in [3.63, 3.8) is 0 Å². The van der Waals surface area contributed by atoms with Crippen molar-refractivity contribution in [1.29, 1.82) is 0 Å². The van der Waals surface area contributed by atoms with Crippen LogP contribution in [0.4, 0.5) is 10.5 Å². The Morgan fingerprint density at radius 3 is 2.81 bits per heavy atom. The molecule has 3 atom stereocenters. The number of fused-ring (bicyclic) bond motifs is 2. The summed E-state index contributed by atoms with van der Waals surface area (Å²) in [6.45, 7) is 1.19. The molecule has 0 aromatic heterocycles. The molecule has 0 bridgehead atoms. The fourth-order valence-electron chi connectivity index (χ4n) is 4.17. The zero-order valence-electron chi connectivity index (χ0n) is 15.3. The Labute approximate surface area is 157 Å². The normalized spacial score (nSPS) is 27.7. The van der Waals surface area contributed by atoms with Gasteiger partial charge in [0.15, 0.2) is 12.5 Å². The van der Waals surface area contributed by atoms with Crippen LogP contribution in [0.25, 0.3) is 0 Å². The van der Waals surface area contributed by atoms with Crippen LogP contribution in [0.1, 0.15) is 42.5 Å². The number of ether oxygens (including phenoxy) is 3. The van der Waals surface area contributed by atoms with Gasteiger partial charge in [0.2, 0.25) is 0 Å². The molecule has 1 aromatic rings. The molecule has 2 amide bonds. The molecular formula is C19H24N2O6. The first-order chi connectivity index (χ1) is 13.1. The monoisotopic (exact) mass is 376 g/mol. The van der Waals surface area contributed by atoms with Crippen LogP contribution in [0.15, 0.2) is 18.2 Å². The van der Waals surface area contributed by atoms with Crippen LogP contribution < -0.4 is 9.64 Å². The van der Waals surface area contributed by atoms with Gasteiger partial charge in [-0.3, -0.25) is 4.79 Å². The fraction of sp³-hybridized carbons (Fsp3) is 0.579. The molecule has 3 unspecified atom stereocenters. The molecule has 146 valence electrons. The predicted molar refractivity (Wildman–Crippen MR) is 96.0 cm³/mol. The van der Waals surface area contributed by atoms with Gasteiger partial charge in [-0.2, -0.15) is 0 Å². The Morgan fingerprint density at radius 2 is 2.11 bits per heavy atom. The van der Waals surface area contributed by atoms with E-state index in [1.165, 1.54) is 12.0 Å². The molecule has 8 heteroatoms. The lowest BCUT2D eigenvalue weighted by Crippen LogP contribution is -2.53. The highest BCUT2D eigenvalue weighted by Crippen LogP contribution is 2.38. The summed E-state index contributed by atoms with van der Waals surface area (Å²) in [5.74, 6) is 0.325. The number of benzene rings is 1. The molecule has 1 aromatic carbocycles. The van der Waals surface area contributed by atoms with Crippen molar-refractivity contribution in [2.45, 2.75) is 50.7 Å². The SMILES string of the molecule is COc1ccc2c(c1)C(=O)N1CCCC1C(OC1CCCCO1)N2C(=O)O. The maximum atomic E-state index is 13.2. The second-order valence-electron chi connectivity index (χ2n) is 7.07. The summed E-state index contributed by atoms with van der Waals surface area (Å²) in [4.78, 5) is 28.3. The van der Waals surface area contributed by atoms with E-state index in [0.29, 0.717) is 36.6 Å².